The molecule has 15 heavy (non-hydrogen) atoms. The van der Waals surface area contributed by atoms with E-state index >= 15 is 0 Å². The second-order valence-electron chi connectivity index (χ2n) is 2.91. The molecule has 1 rings (SSSR count). The van der Waals surface area contributed by atoms with Gasteiger partial charge < -0.3 is 10.1 Å². The van der Waals surface area contributed by atoms with Gasteiger partial charge in [-0.3, -0.25) is 0 Å². The summed E-state index contributed by atoms with van der Waals surface area (Å²) in [4.78, 5) is 4.28. The van der Waals surface area contributed by atoms with E-state index in [9.17, 15) is 0 Å². The molecule has 1 aromatic heterocycles. The maximum atomic E-state index is 4.93. The Labute approximate surface area is 103 Å². The van der Waals surface area contributed by atoms with Gasteiger partial charge in [-0.15, -0.1) is 11.8 Å². The molecule has 0 saturated heterocycles. The first-order chi connectivity index (χ1) is 7.33. The number of nitrogens with zero attached hydrogens (tertiary/aromatic N) is 1. The van der Waals surface area contributed by atoms with Crippen molar-refractivity contribution in [3.8, 4) is 0 Å². The Kier molecular flexibility index (Phi) is 7.00. The van der Waals surface area contributed by atoms with Crippen molar-refractivity contribution in [2.45, 2.75) is 5.03 Å². The molecular weight excluding hydrogens is 276 g/mol. The second kappa shape index (κ2) is 8.10. The van der Waals surface area contributed by atoms with Crippen molar-refractivity contribution in [1.82, 2.24) is 10.3 Å². The molecule has 0 unspecified atom stereocenters. The van der Waals surface area contributed by atoms with Gasteiger partial charge in [0.2, 0.25) is 0 Å². The van der Waals surface area contributed by atoms with E-state index in [1.807, 2.05) is 18.3 Å². The van der Waals surface area contributed by atoms with Gasteiger partial charge in [0.15, 0.2) is 0 Å². The Hall–Kier alpha value is -0.100. The first kappa shape index (κ1) is 13.0. The van der Waals surface area contributed by atoms with Gasteiger partial charge in [-0.1, -0.05) is 0 Å². The van der Waals surface area contributed by atoms with Crippen LogP contribution in [0.5, 0.6) is 0 Å². The highest BCUT2D eigenvalue weighted by molar-refractivity contribution is 9.10. The monoisotopic (exact) mass is 290 g/mol. The summed E-state index contributed by atoms with van der Waals surface area (Å²) in [5.74, 6) is 1.03. The molecule has 0 bridgehead atoms. The lowest BCUT2D eigenvalue weighted by molar-refractivity contribution is 0.200. The summed E-state index contributed by atoms with van der Waals surface area (Å²) in [6.45, 7) is 2.65. The highest BCUT2D eigenvalue weighted by Crippen LogP contribution is 2.16. The molecule has 0 fully saturated rings. The van der Waals surface area contributed by atoms with Gasteiger partial charge >= 0.3 is 0 Å². The predicted molar refractivity (Wildman–Crippen MR) is 67.4 cm³/mol. The molecule has 0 aromatic carbocycles. The minimum atomic E-state index is 0.765. The number of aromatic nitrogens is 1. The van der Waals surface area contributed by atoms with Crippen LogP contribution >= 0.6 is 27.7 Å². The fourth-order valence-electron chi connectivity index (χ4n) is 0.975. The smallest absolute Gasteiger partial charge is 0.0961 e. The van der Waals surface area contributed by atoms with Gasteiger partial charge in [0.25, 0.3) is 0 Å². The van der Waals surface area contributed by atoms with E-state index in [1.54, 1.807) is 18.9 Å². The van der Waals surface area contributed by atoms with Crippen molar-refractivity contribution in [2.75, 3.05) is 32.6 Å². The fourth-order valence-corrected chi connectivity index (χ4v) is 1.96. The number of hydrogen-bond acceptors (Lipinski definition) is 4. The Bertz CT molecular complexity index is 269. The molecule has 0 amide bonds. The van der Waals surface area contributed by atoms with Gasteiger partial charge in [-0.25, -0.2) is 4.98 Å². The van der Waals surface area contributed by atoms with Crippen molar-refractivity contribution in [2.24, 2.45) is 0 Å². The second-order valence-corrected chi connectivity index (χ2v) is 4.94. The largest absolute Gasteiger partial charge is 0.383 e. The van der Waals surface area contributed by atoms with Crippen molar-refractivity contribution in [3.05, 3.63) is 22.8 Å². The lowest BCUT2D eigenvalue weighted by Gasteiger charge is -2.03. The molecule has 3 nitrogen and oxygen atoms in total. The molecule has 84 valence electrons. The molecule has 0 atom stereocenters. The average molecular weight is 291 g/mol. The predicted octanol–water partition coefficient (Wildman–Crippen LogP) is 2.17. The van der Waals surface area contributed by atoms with Crippen LogP contribution in [-0.2, 0) is 4.74 Å². The first-order valence-corrected chi connectivity index (χ1v) is 6.55. The quantitative estimate of drug-likeness (QED) is 0.617. The average Bonchev–Trinajstić information content (AvgIpc) is 2.26. The van der Waals surface area contributed by atoms with Gasteiger partial charge in [0.05, 0.1) is 11.6 Å². The van der Waals surface area contributed by atoms with Crippen LogP contribution < -0.4 is 5.32 Å². The molecular formula is C10H15BrN2OS. The summed E-state index contributed by atoms with van der Waals surface area (Å²) in [6.07, 6.45) is 1.82. The maximum Gasteiger partial charge on any atom is 0.0961 e. The Morgan fingerprint density at radius 1 is 1.47 bits per heavy atom. The minimum absolute atomic E-state index is 0.765. The molecule has 0 aliphatic heterocycles. The summed E-state index contributed by atoms with van der Waals surface area (Å²) in [5.41, 5.74) is 0. The number of halogens is 1. The zero-order valence-electron chi connectivity index (χ0n) is 8.70. The van der Waals surface area contributed by atoms with Crippen molar-refractivity contribution < 1.29 is 4.74 Å². The van der Waals surface area contributed by atoms with Crippen molar-refractivity contribution in [1.29, 1.82) is 0 Å². The molecule has 0 radical (unpaired) electrons. The molecule has 0 aliphatic rings. The lowest BCUT2D eigenvalue weighted by atomic mass is 10.5. The topological polar surface area (TPSA) is 34.1 Å². The van der Waals surface area contributed by atoms with Crippen LogP contribution in [0.1, 0.15) is 0 Å². The van der Waals surface area contributed by atoms with E-state index < -0.39 is 0 Å². The molecule has 0 aliphatic carbocycles. The Balaban J connectivity index is 2.07. The molecule has 0 spiro atoms. The summed E-state index contributed by atoms with van der Waals surface area (Å²) < 4.78 is 5.95. The van der Waals surface area contributed by atoms with Crippen LogP contribution in [0, 0.1) is 0 Å². The normalized spacial score (nSPS) is 10.5. The van der Waals surface area contributed by atoms with Gasteiger partial charge in [-0.2, -0.15) is 0 Å². The molecule has 5 heteroatoms. The lowest BCUT2D eigenvalue weighted by Crippen LogP contribution is -2.21. The van der Waals surface area contributed by atoms with E-state index in [1.165, 1.54) is 0 Å². The van der Waals surface area contributed by atoms with Gasteiger partial charge in [0, 0.05) is 36.6 Å². The zero-order valence-corrected chi connectivity index (χ0v) is 11.1. The molecule has 1 N–H and O–H groups in total. The fraction of sp³-hybridized carbons (Fsp3) is 0.500. The van der Waals surface area contributed by atoms with E-state index in [0.29, 0.717) is 0 Å². The van der Waals surface area contributed by atoms with Gasteiger partial charge in [0.1, 0.15) is 0 Å². The third kappa shape index (κ3) is 6.14. The highest BCUT2D eigenvalue weighted by atomic mass is 79.9. The Morgan fingerprint density at radius 2 is 2.33 bits per heavy atom. The number of ether oxygens (including phenoxy) is 1. The highest BCUT2D eigenvalue weighted by Gasteiger charge is 1.95. The third-order valence-corrected chi connectivity index (χ3v) is 3.13. The van der Waals surface area contributed by atoms with Crippen LogP contribution in [0.15, 0.2) is 27.8 Å². The number of pyridine rings is 1. The van der Waals surface area contributed by atoms with Crippen LogP contribution in [0.2, 0.25) is 0 Å². The number of hydrogen-bond donors (Lipinski definition) is 1. The summed E-state index contributed by atoms with van der Waals surface area (Å²) >= 11 is 5.11. The standard InChI is InChI=1S/C10H15BrN2OS/c1-14-6-4-12-5-7-15-10-3-2-9(11)8-13-10/h2-3,8,12H,4-7H2,1H3. The van der Waals surface area contributed by atoms with E-state index in [4.69, 9.17) is 4.74 Å². The number of methoxy groups -OCH3 is 1. The van der Waals surface area contributed by atoms with E-state index in [0.717, 1.165) is 34.9 Å². The summed E-state index contributed by atoms with van der Waals surface area (Å²) in [5, 5.41) is 4.35. The van der Waals surface area contributed by atoms with Crippen LogP contribution in [0.4, 0.5) is 0 Å². The molecule has 0 saturated carbocycles. The van der Waals surface area contributed by atoms with Crippen LogP contribution in [-0.4, -0.2) is 37.5 Å². The van der Waals surface area contributed by atoms with E-state index in [2.05, 4.69) is 26.2 Å². The minimum Gasteiger partial charge on any atom is -0.383 e. The SMILES string of the molecule is COCCNCCSc1ccc(Br)cn1. The van der Waals surface area contributed by atoms with Crippen LogP contribution in [0.3, 0.4) is 0 Å². The maximum absolute atomic E-state index is 4.93. The number of thioether (sulfide) groups is 1. The Morgan fingerprint density at radius 3 is 3.00 bits per heavy atom. The molecule has 1 heterocycles. The van der Waals surface area contributed by atoms with Crippen molar-refractivity contribution >= 4 is 27.7 Å². The molecule has 1 aromatic rings. The van der Waals surface area contributed by atoms with Gasteiger partial charge in [-0.05, 0) is 28.1 Å². The van der Waals surface area contributed by atoms with Crippen molar-refractivity contribution in [3.63, 3.8) is 0 Å². The summed E-state index contributed by atoms with van der Waals surface area (Å²) in [7, 11) is 1.71. The number of rotatable bonds is 7. The summed E-state index contributed by atoms with van der Waals surface area (Å²) in [6, 6.07) is 4.03. The van der Waals surface area contributed by atoms with E-state index in [-0.39, 0.29) is 0 Å². The third-order valence-electron chi connectivity index (χ3n) is 1.71. The number of nitrogens with one attached hydrogen (secondary N) is 1. The van der Waals surface area contributed by atoms with Crippen LogP contribution in [0.25, 0.3) is 0 Å². The zero-order chi connectivity index (χ0) is 10.9. The first-order valence-electron chi connectivity index (χ1n) is 4.77.